The fourth-order valence-electron chi connectivity index (χ4n) is 0.510. The van der Waals surface area contributed by atoms with Crippen molar-refractivity contribution in [3.8, 4) is 0 Å². The molecule has 1 aromatic rings. The summed E-state index contributed by atoms with van der Waals surface area (Å²) in [7, 11) is 0. The highest BCUT2D eigenvalue weighted by atomic mass is 32.1. The molecule has 0 aliphatic rings. The maximum atomic E-state index is 12.2. The molecule has 0 spiro atoms. The molecule has 56 valence electrons. The van der Waals surface area contributed by atoms with Gasteiger partial charge in [-0.2, -0.15) is 9.37 Å². The van der Waals surface area contributed by atoms with Gasteiger partial charge < -0.3 is 0 Å². The van der Waals surface area contributed by atoms with Crippen LogP contribution in [0.4, 0.5) is 4.39 Å². The van der Waals surface area contributed by atoms with E-state index in [4.69, 9.17) is 0 Å². The van der Waals surface area contributed by atoms with Gasteiger partial charge in [0.05, 0.1) is 0 Å². The third-order valence-corrected chi connectivity index (χ3v) is 2.16. The summed E-state index contributed by atoms with van der Waals surface area (Å²) in [6.45, 7) is 5.94. The monoisotopic (exact) mass is 160 g/mol. The molecule has 0 bridgehead atoms. The molecule has 0 fully saturated rings. The van der Waals surface area contributed by atoms with Gasteiger partial charge in [0.1, 0.15) is 5.01 Å². The van der Waals surface area contributed by atoms with Crippen molar-refractivity contribution < 1.29 is 4.39 Å². The fraction of sp³-hybridized carbons (Fsp3) is 0.667. The number of hydrogen-bond donors (Lipinski definition) is 0. The van der Waals surface area contributed by atoms with Crippen LogP contribution in [0.5, 0.6) is 0 Å². The molecule has 0 aliphatic heterocycles. The molecule has 0 radical (unpaired) electrons. The molecule has 1 heterocycles. The first-order valence-electron chi connectivity index (χ1n) is 3.00. The van der Waals surface area contributed by atoms with Crippen LogP contribution in [0.3, 0.4) is 0 Å². The lowest BCUT2D eigenvalue weighted by atomic mass is 9.98. The maximum Gasteiger partial charge on any atom is 0.320 e. The summed E-state index contributed by atoms with van der Waals surface area (Å²) in [4.78, 5) is 3.62. The van der Waals surface area contributed by atoms with Crippen LogP contribution >= 0.6 is 11.5 Å². The van der Waals surface area contributed by atoms with E-state index in [1.54, 1.807) is 0 Å². The van der Waals surface area contributed by atoms with Crippen molar-refractivity contribution in [2.75, 3.05) is 0 Å². The molecule has 10 heavy (non-hydrogen) atoms. The fourth-order valence-corrected chi connectivity index (χ4v) is 1.10. The average Bonchev–Trinajstić information content (AvgIpc) is 2.11. The number of halogens is 1. The molecule has 0 amide bonds. The van der Waals surface area contributed by atoms with E-state index in [0.29, 0.717) is 0 Å². The summed E-state index contributed by atoms with van der Waals surface area (Å²) >= 11 is 1.12. The van der Waals surface area contributed by atoms with Crippen molar-refractivity contribution in [1.29, 1.82) is 0 Å². The highest BCUT2D eigenvalue weighted by Crippen LogP contribution is 2.22. The van der Waals surface area contributed by atoms with Crippen molar-refractivity contribution in [3.63, 3.8) is 0 Å². The maximum absolute atomic E-state index is 12.2. The van der Waals surface area contributed by atoms with Gasteiger partial charge in [0.15, 0.2) is 0 Å². The molecule has 0 atom stereocenters. The standard InChI is InChI=1S/C6H9FN2S/c1-6(2,3)4-8-5(7)9-10-4/h1-3H3. The topological polar surface area (TPSA) is 25.8 Å². The minimum absolute atomic E-state index is 0.0813. The second-order valence-electron chi connectivity index (χ2n) is 3.12. The number of hydrogen-bond acceptors (Lipinski definition) is 3. The minimum atomic E-state index is -0.616. The lowest BCUT2D eigenvalue weighted by molar-refractivity contribution is 0.526. The van der Waals surface area contributed by atoms with Gasteiger partial charge in [-0.25, -0.2) is 0 Å². The summed E-state index contributed by atoms with van der Waals surface area (Å²) < 4.78 is 15.7. The molecule has 0 saturated heterocycles. The smallest absolute Gasteiger partial charge is 0.193 e. The largest absolute Gasteiger partial charge is 0.320 e. The van der Waals surface area contributed by atoms with Crippen molar-refractivity contribution in [3.05, 3.63) is 11.1 Å². The Morgan fingerprint density at radius 3 is 2.20 bits per heavy atom. The molecule has 0 saturated carbocycles. The Morgan fingerprint density at radius 2 is 2.00 bits per heavy atom. The summed E-state index contributed by atoms with van der Waals surface area (Å²) in [5.41, 5.74) is -0.0813. The molecule has 0 aromatic carbocycles. The zero-order valence-corrected chi connectivity index (χ0v) is 7.00. The van der Waals surface area contributed by atoms with Crippen LogP contribution in [0.15, 0.2) is 0 Å². The second-order valence-corrected chi connectivity index (χ2v) is 3.87. The van der Waals surface area contributed by atoms with Gasteiger partial charge in [-0.05, 0) is 11.5 Å². The molecule has 0 unspecified atom stereocenters. The summed E-state index contributed by atoms with van der Waals surface area (Å²) in [5, 5.41) is 0.741. The molecular formula is C6H9FN2S. The van der Waals surface area contributed by atoms with Crippen molar-refractivity contribution in [1.82, 2.24) is 9.36 Å². The van der Waals surface area contributed by atoms with Gasteiger partial charge in [-0.3, -0.25) is 0 Å². The Balaban J connectivity index is 2.96. The summed E-state index contributed by atoms with van der Waals surface area (Å²) in [6.07, 6.45) is -0.616. The number of aromatic nitrogens is 2. The molecule has 2 nitrogen and oxygen atoms in total. The van der Waals surface area contributed by atoms with E-state index < -0.39 is 6.08 Å². The zero-order valence-electron chi connectivity index (χ0n) is 6.18. The highest BCUT2D eigenvalue weighted by molar-refractivity contribution is 7.05. The van der Waals surface area contributed by atoms with E-state index in [1.807, 2.05) is 20.8 Å². The third-order valence-electron chi connectivity index (χ3n) is 1.04. The second kappa shape index (κ2) is 2.27. The Morgan fingerprint density at radius 1 is 1.40 bits per heavy atom. The van der Waals surface area contributed by atoms with Gasteiger partial charge in [0.2, 0.25) is 0 Å². The lowest BCUT2D eigenvalue weighted by Gasteiger charge is -2.11. The van der Waals surface area contributed by atoms with Crippen LogP contribution in [0, 0.1) is 6.08 Å². The van der Waals surface area contributed by atoms with Crippen LogP contribution in [0.1, 0.15) is 25.8 Å². The van der Waals surface area contributed by atoms with E-state index >= 15 is 0 Å². The Bertz CT molecular complexity index is 226. The first kappa shape index (κ1) is 7.60. The van der Waals surface area contributed by atoms with Crippen LogP contribution < -0.4 is 0 Å². The summed E-state index contributed by atoms with van der Waals surface area (Å²) in [6, 6.07) is 0. The predicted molar refractivity (Wildman–Crippen MR) is 38.6 cm³/mol. The lowest BCUT2D eigenvalue weighted by Crippen LogP contribution is -2.10. The van der Waals surface area contributed by atoms with E-state index in [2.05, 4.69) is 9.36 Å². The SMILES string of the molecule is CC(C)(C)c1nc(F)ns1. The highest BCUT2D eigenvalue weighted by Gasteiger charge is 2.18. The van der Waals surface area contributed by atoms with Crippen molar-refractivity contribution in [2.45, 2.75) is 26.2 Å². The molecule has 1 aromatic heterocycles. The normalized spacial score (nSPS) is 12.0. The number of rotatable bonds is 0. The van der Waals surface area contributed by atoms with Crippen molar-refractivity contribution in [2.24, 2.45) is 0 Å². The molecule has 0 aliphatic carbocycles. The van der Waals surface area contributed by atoms with Gasteiger partial charge in [0.25, 0.3) is 0 Å². The van der Waals surface area contributed by atoms with E-state index in [1.165, 1.54) is 0 Å². The first-order chi connectivity index (χ1) is 4.50. The zero-order chi connectivity index (χ0) is 7.78. The Hall–Kier alpha value is -0.510. The van der Waals surface area contributed by atoms with Crippen LogP contribution in [-0.4, -0.2) is 9.36 Å². The van der Waals surface area contributed by atoms with Gasteiger partial charge in [-0.1, -0.05) is 20.8 Å². The minimum Gasteiger partial charge on any atom is -0.193 e. The van der Waals surface area contributed by atoms with Crippen LogP contribution in [-0.2, 0) is 5.41 Å². The van der Waals surface area contributed by atoms with E-state index in [-0.39, 0.29) is 5.41 Å². The quantitative estimate of drug-likeness (QED) is 0.580. The predicted octanol–water partition coefficient (Wildman–Crippen LogP) is 1.97. The van der Waals surface area contributed by atoms with Gasteiger partial charge in [0, 0.05) is 5.41 Å². The number of nitrogens with zero attached hydrogens (tertiary/aromatic N) is 2. The summed E-state index contributed by atoms with van der Waals surface area (Å²) in [5.74, 6) is 0. The van der Waals surface area contributed by atoms with Crippen LogP contribution in [0.2, 0.25) is 0 Å². The first-order valence-corrected chi connectivity index (χ1v) is 3.77. The molecule has 1 rings (SSSR count). The average molecular weight is 160 g/mol. The molecule has 0 N–H and O–H groups in total. The van der Waals surface area contributed by atoms with E-state index in [9.17, 15) is 4.39 Å². The van der Waals surface area contributed by atoms with Crippen LogP contribution in [0.25, 0.3) is 0 Å². The molecular weight excluding hydrogens is 151 g/mol. The van der Waals surface area contributed by atoms with Gasteiger partial charge in [-0.15, -0.1) is 4.37 Å². The third kappa shape index (κ3) is 1.50. The Labute approximate surface area is 63.3 Å². The van der Waals surface area contributed by atoms with Crippen molar-refractivity contribution >= 4 is 11.5 Å². The van der Waals surface area contributed by atoms with E-state index in [0.717, 1.165) is 16.5 Å². The van der Waals surface area contributed by atoms with Gasteiger partial charge >= 0.3 is 6.08 Å². The molecule has 4 heteroatoms. The Kier molecular flexibility index (Phi) is 1.72.